The second-order valence-corrected chi connectivity index (χ2v) is 9.24. The number of nitrogens with zero attached hydrogens (tertiary/aromatic N) is 1. The topological polar surface area (TPSA) is 24.9 Å². The van der Waals surface area contributed by atoms with E-state index in [1.807, 2.05) is 11.3 Å². The minimum atomic E-state index is 0.101. The molecule has 0 aliphatic heterocycles. The van der Waals surface area contributed by atoms with Gasteiger partial charge in [-0.15, -0.1) is 22.7 Å². The highest BCUT2D eigenvalue weighted by Crippen LogP contribution is 2.38. The monoisotopic (exact) mass is 370 g/mol. The number of hydrogen-bond donors (Lipinski definition) is 1. The number of hydrogen-bond acceptors (Lipinski definition) is 4. The maximum atomic E-state index is 4.93. The third-order valence-electron chi connectivity index (χ3n) is 3.31. The highest BCUT2D eigenvalue weighted by Gasteiger charge is 2.26. The zero-order chi connectivity index (χ0) is 14.3. The first-order chi connectivity index (χ1) is 9.43. The number of thiophene rings is 1. The lowest BCUT2D eigenvalue weighted by Gasteiger charge is -2.17. The van der Waals surface area contributed by atoms with Crippen LogP contribution in [0.15, 0.2) is 15.9 Å². The molecule has 20 heavy (non-hydrogen) atoms. The number of thiazole rings is 1. The Kier molecular flexibility index (Phi) is 4.06. The van der Waals surface area contributed by atoms with Crippen molar-refractivity contribution < 1.29 is 0 Å². The molecule has 0 atom stereocenters. The van der Waals surface area contributed by atoms with E-state index in [4.69, 9.17) is 4.98 Å². The van der Waals surface area contributed by atoms with Crippen LogP contribution in [-0.2, 0) is 12.0 Å². The van der Waals surface area contributed by atoms with Gasteiger partial charge >= 0.3 is 0 Å². The summed E-state index contributed by atoms with van der Waals surface area (Å²) in [6.07, 6.45) is 2.66. The van der Waals surface area contributed by atoms with Crippen LogP contribution in [0.3, 0.4) is 0 Å². The summed E-state index contributed by atoms with van der Waals surface area (Å²) < 4.78 is 1.14. The zero-order valence-electron chi connectivity index (χ0n) is 12.0. The molecule has 1 aliphatic rings. The van der Waals surface area contributed by atoms with Crippen molar-refractivity contribution in [1.29, 1.82) is 0 Å². The molecule has 0 spiro atoms. The maximum Gasteiger partial charge on any atom is 0.134 e. The van der Waals surface area contributed by atoms with Crippen LogP contribution in [0.4, 0.5) is 0 Å². The van der Waals surface area contributed by atoms with Gasteiger partial charge in [0.2, 0.25) is 0 Å². The summed E-state index contributed by atoms with van der Waals surface area (Å²) in [6.45, 7) is 7.70. The second kappa shape index (κ2) is 5.52. The van der Waals surface area contributed by atoms with Gasteiger partial charge in [-0.25, -0.2) is 4.98 Å². The highest BCUT2D eigenvalue weighted by molar-refractivity contribution is 9.10. The van der Waals surface area contributed by atoms with E-state index in [-0.39, 0.29) is 5.41 Å². The van der Waals surface area contributed by atoms with E-state index < -0.39 is 0 Å². The lowest BCUT2D eigenvalue weighted by Crippen LogP contribution is -2.19. The van der Waals surface area contributed by atoms with Gasteiger partial charge in [-0.2, -0.15) is 0 Å². The van der Waals surface area contributed by atoms with E-state index in [2.05, 4.69) is 53.5 Å². The van der Waals surface area contributed by atoms with E-state index in [1.165, 1.54) is 28.3 Å². The second-order valence-electron chi connectivity index (χ2n) is 6.33. The minimum Gasteiger partial charge on any atom is -0.309 e. The van der Waals surface area contributed by atoms with E-state index in [1.54, 1.807) is 11.3 Å². The Hall–Kier alpha value is -0.230. The number of aromatic nitrogens is 1. The Balaban J connectivity index is 1.91. The van der Waals surface area contributed by atoms with E-state index in [0.29, 0.717) is 0 Å². The molecular weight excluding hydrogens is 352 g/mol. The molecule has 1 fully saturated rings. The molecule has 0 amide bonds. The van der Waals surface area contributed by atoms with Crippen LogP contribution in [0.25, 0.3) is 9.88 Å². The van der Waals surface area contributed by atoms with Crippen LogP contribution in [0.5, 0.6) is 0 Å². The van der Waals surface area contributed by atoms with Gasteiger partial charge < -0.3 is 5.32 Å². The predicted molar refractivity (Wildman–Crippen MR) is 91.7 cm³/mol. The summed E-state index contributed by atoms with van der Waals surface area (Å²) in [4.78, 5) is 7.58. The van der Waals surface area contributed by atoms with Gasteiger partial charge in [-0.3, -0.25) is 0 Å². The Bertz CT molecular complexity index is 606. The lowest BCUT2D eigenvalue weighted by molar-refractivity contribution is 0.559. The summed E-state index contributed by atoms with van der Waals surface area (Å²) in [7, 11) is 0. The third kappa shape index (κ3) is 3.32. The smallest absolute Gasteiger partial charge is 0.134 e. The SMILES string of the molecule is CC(C)(C)c1nc(-c2cc(Br)cs2)sc1CNC1CC1. The Labute approximate surface area is 136 Å². The van der Waals surface area contributed by atoms with E-state index >= 15 is 0 Å². The molecule has 0 bridgehead atoms. The van der Waals surface area contributed by atoms with Crippen molar-refractivity contribution in [3.8, 4) is 9.88 Å². The lowest BCUT2D eigenvalue weighted by atomic mass is 9.91. The molecule has 0 saturated heterocycles. The van der Waals surface area contributed by atoms with Gasteiger partial charge in [0.1, 0.15) is 5.01 Å². The number of nitrogens with one attached hydrogen (secondary N) is 1. The maximum absolute atomic E-state index is 4.93. The fraction of sp³-hybridized carbons (Fsp3) is 0.533. The molecule has 1 aliphatic carbocycles. The zero-order valence-corrected chi connectivity index (χ0v) is 15.2. The molecule has 0 unspecified atom stereocenters. The molecule has 5 heteroatoms. The fourth-order valence-corrected chi connectivity index (χ4v) is 4.83. The minimum absolute atomic E-state index is 0.101. The molecule has 2 heterocycles. The van der Waals surface area contributed by atoms with Crippen molar-refractivity contribution in [3.63, 3.8) is 0 Å². The van der Waals surface area contributed by atoms with Crippen LogP contribution in [0.2, 0.25) is 0 Å². The molecule has 1 saturated carbocycles. The van der Waals surface area contributed by atoms with Crippen molar-refractivity contribution in [3.05, 3.63) is 26.5 Å². The molecule has 3 rings (SSSR count). The third-order valence-corrected chi connectivity index (χ3v) is 6.23. The average Bonchev–Trinajstić information content (AvgIpc) is 2.91. The van der Waals surface area contributed by atoms with Crippen molar-refractivity contribution in [2.75, 3.05) is 0 Å². The first-order valence-electron chi connectivity index (χ1n) is 6.91. The molecule has 2 aromatic rings. The Morgan fingerprint density at radius 3 is 2.70 bits per heavy atom. The molecule has 0 aromatic carbocycles. The molecule has 0 radical (unpaired) electrons. The van der Waals surface area contributed by atoms with Crippen LogP contribution in [0, 0.1) is 0 Å². The fourth-order valence-electron chi connectivity index (χ4n) is 2.11. The summed E-state index contributed by atoms with van der Waals surface area (Å²) in [5.74, 6) is 0. The van der Waals surface area contributed by atoms with Crippen LogP contribution in [-0.4, -0.2) is 11.0 Å². The van der Waals surface area contributed by atoms with Gasteiger partial charge in [0.25, 0.3) is 0 Å². The average molecular weight is 371 g/mol. The van der Waals surface area contributed by atoms with Crippen LogP contribution >= 0.6 is 38.6 Å². The largest absolute Gasteiger partial charge is 0.309 e. The summed E-state index contributed by atoms with van der Waals surface area (Å²) >= 11 is 7.12. The van der Waals surface area contributed by atoms with E-state index in [9.17, 15) is 0 Å². The first-order valence-corrected chi connectivity index (χ1v) is 9.40. The van der Waals surface area contributed by atoms with Crippen molar-refractivity contribution >= 4 is 38.6 Å². The van der Waals surface area contributed by atoms with Gasteiger partial charge in [0, 0.05) is 32.7 Å². The molecule has 108 valence electrons. The van der Waals surface area contributed by atoms with Crippen molar-refractivity contribution in [1.82, 2.24) is 10.3 Å². The molecular formula is C15H19BrN2S2. The Morgan fingerprint density at radius 2 is 2.15 bits per heavy atom. The standard InChI is InChI=1S/C15H19BrN2S2/c1-15(2,3)13-12(7-17-10-4-5-10)20-14(18-13)11-6-9(16)8-19-11/h6,8,10,17H,4-5,7H2,1-3H3. The number of halogens is 1. The Morgan fingerprint density at radius 1 is 1.40 bits per heavy atom. The van der Waals surface area contributed by atoms with Crippen molar-refractivity contribution in [2.45, 2.75) is 51.6 Å². The van der Waals surface area contributed by atoms with E-state index in [0.717, 1.165) is 22.1 Å². The summed E-state index contributed by atoms with van der Waals surface area (Å²) in [5.41, 5.74) is 1.35. The van der Waals surface area contributed by atoms with Gasteiger partial charge in [0.15, 0.2) is 0 Å². The van der Waals surface area contributed by atoms with Crippen LogP contribution < -0.4 is 5.32 Å². The highest BCUT2D eigenvalue weighted by atomic mass is 79.9. The van der Waals surface area contributed by atoms with Gasteiger partial charge in [-0.05, 0) is 34.8 Å². The molecule has 2 nitrogen and oxygen atoms in total. The van der Waals surface area contributed by atoms with Gasteiger partial charge in [-0.1, -0.05) is 20.8 Å². The summed E-state index contributed by atoms with van der Waals surface area (Å²) in [6, 6.07) is 2.90. The summed E-state index contributed by atoms with van der Waals surface area (Å²) in [5, 5.41) is 6.89. The number of rotatable bonds is 4. The van der Waals surface area contributed by atoms with Crippen LogP contribution in [0.1, 0.15) is 44.2 Å². The van der Waals surface area contributed by atoms with Gasteiger partial charge in [0.05, 0.1) is 10.6 Å². The first kappa shape index (κ1) is 14.7. The predicted octanol–water partition coefficient (Wildman–Crippen LogP) is 5.18. The quantitative estimate of drug-likeness (QED) is 0.801. The molecule has 2 aromatic heterocycles. The normalized spacial score (nSPS) is 15.8. The molecule has 1 N–H and O–H groups in total. The van der Waals surface area contributed by atoms with Crippen molar-refractivity contribution in [2.24, 2.45) is 0 Å².